The van der Waals surface area contributed by atoms with E-state index in [-0.39, 0.29) is 0 Å². The van der Waals surface area contributed by atoms with Crippen LogP contribution in [0.4, 0.5) is 0 Å². The molecule has 10 atom stereocenters. The quantitative estimate of drug-likeness (QED) is 0.188. The second kappa shape index (κ2) is 12.5. The van der Waals surface area contributed by atoms with Crippen LogP contribution in [0.5, 0.6) is 0 Å². The van der Waals surface area contributed by atoms with E-state index in [2.05, 4.69) is 0 Å². The van der Waals surface area contributed by atoms with E-state index < -0.39 is 98.5 Å². The van der Waals surface area contributed by atoms with Crippen LogP contribution in [0.2, 0.25) is 0 Å². The van der Waals surface area contributed by atoms with Crippen LogP contribution in [-0.2, 0) is 52.3 Å². The molecule has 200 valence electrons. The number of hydrogen-bond acceptors (Lipinski definition) is 15. The van der Waals surface area contributed by atoms with E-state index in [1.54, 1.807) is 0 Å². The molecule has 0 spiro atoms. The van der Waals surface area contributed by atoms with Crippen LogP contribution >= 0.6 is 0 Å². The standard InChI is InChI=1S/C20H30O15/c1-7(21)29-5-11-13(25)14(26)15(27)19(33-11)35-17-12(6-30-8(2)22)34-20(32-10(4)24)18(16(17)28)31-9(3)23/h11-20,25-28H,5-6H2,1-4H3/t11?,12?,13-,14?,15?,16?,17+,18?,19-,20?/m0/s1. The maximum Gasteiger partial charge on any atom is 0.305 e. The molecule has 2 heterocycles. The fourth-order valence-corrected chi connectivity index (χ4v) is 3.49. The SMILES string of the molecule is CC(=O)OCC1O[C@@H](O[C@@H]2C(COC(C)=O)OC(OC(C)=O)C(OC(C)=O)C2O)C(O)C(O)[C@H]1O. The third kappa shape index (κ3) is 7.79. The van der Waals surface area contributed by atoms with Crippen molar-refractivity contribution in [3.05, 3.63) is 0 Å². The third-order valence-corrected chi connectivity index (χ3v) is 5.06. The largest absolute Gasteiger partial charge is 0.463 e. The lowest BCUT2D eigenvalue weighted by Gasteiger charge is -2.46. The first-order valence-electron chi connectivity index (χ1n) is 10.6. The van der Waals surface area contributed by atoms with E-state index in [9.17, 15) is 39.6 Å². The van der Waals surface area contributed by atoms with Crippen molar-refractivity contribution < 1.29 is 72.8 Å². The summed E-state index contributed by atoms with van der Waals surface area (Å²) < 4.78 is 36.4. The van der Waals surface area contributed by atoms with Crippen LogP contribution in [-0.4, -0.2) is 119 Å². The van der Waals surface area contributed by atoms with Crippen molar-refractivity contribution in [2.45, 2.75) is 89.1 Å². The number of carbonyl (C=O) groups is 4. The van der Waals surface area contributed by atoms with Crippen molar-refractivity contribution >= 4 is 23.9 Å². The number of ether oxygens (including phenoxy) is 7. The summed E-state index contributed by atoms with van der Waals surface area (Å²) in [6, 6.07) is 0. The van der Waals surface area contributed by atoms with Gasteiger partial charge in [0.05, 0.1) is 0 Å². The Kier molecular flexibility index (Phi) is 10.3. The van der Waals surface area contributed by atoms with Crippen molar-refractivity contribution in [3.63, 3.8) is 0 Å². The Morgan fingerprint density at radius 1 is 0.600 bits per heavy atom. The van der Waals surface area contributed by atoms with Gasteiger partial charge in [0, 0.05) is 27.7 Å². The van der Waals surface area contributed by atoms with E-state index in [0.29, 0.717) is 0 Å². The summed E-state index contributed by atoms with van der Waals surface area (Å²) in [7, 11) is 0. The molecule has 0 aromatic heterocycles. The van der Waals surface area contributed by atoms with E-state index in [4.69, 9.17) is 33.2 Å². The minimum absolute atomic E-state index is 0.495. The van der Waals surface area contributed by atoms with Gasteiger partial charge in [-0.15, -0.1) is 0 Å². The summed E-state index contributed by atoms with van der Waals surface area (Å²) in [5.74, 6) is -3.11. The van der Waals surface area contributed by atoms with E-state index in [1.807, 2.05) is 0 Å². The summed E-state index contributed by atoms with van der Waals surface area (Å²) in [5.41, 5.74) is 0. The molecule has 0 aliphatic carbocycles. The molecule has 0 aromatic rings. The Balaban J connectivity index is 2.30. The first-order chi connectivity index (χ1) is 16.3. The number of esters is 4. The van der Waals surface area contributed by atoms with Gasteiger partial charge in [0.1, 0.15) is 55.9 Å². The van der Waals surface area contributed by atoms with Gasteiger partial charge in [0.25, 0.3) is 0 Å². The molecule has 35 heavy (non-hydrogen) atoms. The van der Waals surface area contributed by atoms with Crippen LogP contribution in [0.25, 0.3) is 0 Å². The van der Waals surface area contributed by atoms with E-state index >= 15 is 0 Å². The lowest BCUT2D eigenvalue weighted by molar-refractivity contribution is -0.356. The molecule has 0 aromatic carbocycles. The van der Waals surface area contributed by atoms with Crippen molar-refractivity contribution in [1.82, 2.24) is 0 Å². The highest BCUT2D eigenvalue weighted by Crippen LogP contribution is 2.31. The fourth-order valence-electron chi connectivity index (χ4n) is 3.49. The van der Waals surface area contributed by atoms with Gasteiger partial charge >= 0.3 is 23.9 Å². The van der Waals surface area contributed by atoms with E-state index in [1.165, 1.54) is 0 Å². The molecular formula is C20H30O15. The van der Waals surface area contributed by atoms with Gasteiger partial charge in [0.2, 0.25) is 6.29 Å². The van der Waals surface area contributed by atoms with Gasteiger partial charge in [-0.1, -0.05) is 0 Å². The highest BCUT2D eigenvalue weighted by atomic mass is 16.8. The van der Waals surface area contributed by atoms with Crippen LogP contribution < -0.4 is 0 Å². The molecular weight excluding hydrogens is 480 g/mol. The predicted molar refractivity (Wildman–Crippen MR) is 107 cm³/mol. The van der Waals surface area contributed by atoms with Gasteiger partial charge in [-0.05, 0) is 0 Å². The number of aliphatic hydroxyl groups excluding tert-OH is 4. The smallest absolute Gasteiger partial charge is 0.305 e. The summed E-state index contributed by atoms with van der Waals surface area (Å²) in [5, 5.41) is 41.7. The van der Waals surface area contributed by atoms with Gasteiger partial charge in [-0.25, -0.2) is 0 Å². The molecule has 4 N–H and O–H groups in total. The number of aliphatic hydroxyl groups is 4. The highest BCUT2D eigenvalue weighted by Gasteiger charge is 2.53. The first kappa shape index (κ1) is 28.8. The van der Waals surface area contributed by atoms with Crippen molar-refractivity contribution in [3.8, 4) is 0 Å². The topological polar surface area (TPSA) is 214 Å². The van der Waals surface area contributed by atoms with Crippen molar-refractivity contribution in [2.75, 3.05) is 13.2 Å². The van der Waals surface area contributed by atoms with Crippen molar-refractivity contribution in [2.24, 2.45) is 0 Å². The summed E-state index contributed by atoms with van der Waals surface area (Å²) >= 11 is 0. The Morgan fingerprint density at radius 3 is 1.63 bits per heavy atom. The molecule has 0 amide bonds. The summed E-state index contributed by atoms with van der Waals surface area (Å²) in [6.45, 7) is 3.28. The van der Waals surface area contributed by atoms with Crippen LogP contribution in [0.1, 0.15) is 27.7 Å². The molecule has 0 bridgehead atoms. The second-order valence-electron chi connectivity index (χ2n) is 7.94. The van der Waals surface area contributed by atoms with Gasteiger partial charge in [-0.2, -0.15) is 0 Å². The van der Waals surface area contributed by atoms with Crippen molar-refractivity contribution in [1.29, 1.82) is 0 Å². The normalized spacial score (nSPS) is 37.1. The minimum Gasteiger partial charge on any atom is -0.463 e. The average molecular weight is 510 g/mol. The molecule has 2 saturated heterocycles. The molecule has 15 heteroatoms. The molecule has 2 rings (SSSR count). The molecule has 2 fully saturated rings. The maximum atomic E-state index is 11.6. The third-order valence-electron chi connectivity index (χ3n) is 5.06. The Hall–Kier alpha value is -2.40. The highest BCUT2D eigenvalue weighted by molar-refractivity contribution is 5.67. The summed E-state index contributed by atoms with van der Waals surface area (Å²) in [4.78, 5) is 45.5. The Bertz CT molecular complexity index is 770. The minimum atomic E-state index is -1.85. The number of carbonyl (C=O) groups excluding carboxylic acids is 4. The predicted octanol–water partition coefficient (Wildman–Crippen LogP) is -3.11. The molecule has 0 radical (unpaired) electrons. The number of hydrogen-bond donors (Lipinski definition) is 4. The second-order valence-corrected chi connectivity index (χ2v) is 7.94. The molecule has 7 unspecified atom stereocenters. The van der Waals surface area contributed by atoms with Crippen LogP contribution in [0.15, 0.2) is 0 Å². The van der Waals surface area contributed by atoms with E-state index in [0.717, 1.165) is 27.7 Å². The van der Waals surface area contributed by atoms with Gasteiger partial charge < -0.3 is 53.6 Å². The first-order valence-corrected chi connectivity index (χ1v) is 10.6. The van der Waals surface area contributed by atoms with Gasteiger partial charge in [-0.3, -0.25) is 19.2 Å². The monoisotopic (exact) mass is 510 g/mol. The van der Waals surface area contributed by atoms with Crippen LogP contribution in [0, 0.1) is 0 Å². The zero-order valence-electron chi connectivity index (χ0n) is 19.5. The average Bonchev–Trinajstić information content (AvgIpc) is 2.75. The summed E-state index contributed by atoms with van der Waals surface area (Å²) in [6.07, 6.45) is -16.2. The zero-order valence-corrected chi connectivity index (χ0v) is 19.5. The lowest BCUT2D eigenvalue weighted by Crippen LogP contribution is -2.65. The maximum absolute atomic E-state index is 11.6. The number of rotatable bonds is 8. The molecule has 0 saturated carbocycles. The Morgan fingerprint density at radius 2 is 1.11 bits per heavy atom. The fraction of sp³-hybridized carbons (Fsp3) is 0.800. The lowest BCUT2D eigenvalue weighted by atomic mass is 9.96. The van der Waals surface area contributed by atoms with Gasteiger partial charge in [0.15, 0.2) is 12.4 Å². The zero-order chi connectivity index (χ0) is 26.4. The molecule has 2 aliphatic rings. The Labute approximate surface area is 199 Å². The molecule has 15 nitrogen and oxygen atoms in total. The molecule has 2 aliphatic heterocycles. The van der Waals surface area contributed by atoms with Crippen LogP contribution in [0.3, 0.4) is 0 Å².